The maximum absolute atomic E-state index is 11.0. The summed E-state index contributed by atoms with van der Waals surface area (Å²) in [7, 11) is -4.67. The minimum atomic E-state index is -4.67. The molecule has 182 valence electrons. The maximum Gasteiger partial charge on any atom is 1.00 e. The molecule has 3 fully saturated rings. The quantitative estimate of drug-likeness (QED) is 0.294. The van der Waals surface area contributed by atoms with Gasteiger partial charge >= 0.3 is 29.6 Å². The second-order valence-electron chi connectivity index (χ2n) is 11.3. The molecule has 3 rings (SSSR count). The van der Waals surface area contributed by atoms with E-state index < -0.39 is 16.5 Å². The first kappa shape index (κ1) is 29.3. The molecule has 0 heterocycles. The minimum Gasteiger partial charge on any atom is -0.726 e. The van der Waals surface area contributed by atoms with Crippen LogP contribution in [0.4, 0.5) is 0 Å². The molecule has 3 saturated carbocycles. The number of allylic oxidation sites excluding steroid dienone is 4. The van der Waals surface area contributed by atoms with Gasteiger partial charge in [-0.3, -0.25) is 4.18 Å². The van der Waals surface area contributed by atoms with Crippen LogP contribution in [0.25, 0.3) is 0 Å². The van der Waals surface area contributed by atoms with Gasteiger partial charge in [0.1, 0.15) is 0 Å². The summed E-state index contributed by atoms with van der Waals surface area (Å²) in [5, 5.41) is 0. The fourth-order valence-electron chi connectivity index (χ4n) is 6.89. The summed E-state index contributed by atoms with van der Waals surface area (Å²) in [5.74, 6) is 3.03. The summed E-state index contributed by atoms with van der Waals surface area (Å²) >= 11 is 0. The largest absolute Gasteiger partial charge is 1.00 e. The van der Waals surface area contributed by atoms with Gasteiger partial charge < -0.3 is 4.55 Å². The van der Waals surface area contributed by atoms with Crippen molar-refractivity contribution in [2.45, 2.75) is 104 Å². The topological polar surface area (TPSA) is 66.4 Å². The number of hydrogen-bond acceptors (Lipinski definition) is 4. The average molecular weight is 487 g/mol. The van der Waals surface area contributed by atoms with Crippen LogP contribution in [0, 0.1) is 29.1 Å². The summed E-state index contributed by atoms with van der Waals surface area (Å²) in [6.07, 6.45) is 15.9. The summed E-state index contributed by atoms with van der Waals surface area (Å²) in [6, 6.07) is 0. The van der Waals surface area contributed by atoms with E-state index in [1.54, 1.807) is 5.57 Å². The van der Waals surface area contributed by atoms with Crippen molar-refractivity contribution in [3.8, 4) is 0 Å². The summed E-state index contributed by atoms with van der Waals surface area (Å²) in [6.45, 7) is 13.8. The first-order chi connectivity index (χ1) is 15.0. The van der Waals surface area contributed by atoms with Crippen LogP contribution in [0.1, 0.15) is 98.3 Å². The molecule has 0 spiro atoms. The van der Waals surface area contributed by atoms with Gasteiger partial charge in [-0.05, 0) is 79.6 Å². The third kappa shape index (κ3) is 7.79. The number of hydrogen-bond donors (Lipinski definition) is 0. The fourth-order valence-corrected chi connectivity index (χ4v) is 7.39. The minimum absolute atomic E-state index is 0. The molecule has 0 amide bonds. The zero-order valence-electron chi connectivity index (χ0n) is 21.6. The molecule has 4 nitrogen and oxygen atoms in total. The van der Waals surface area contributed by atoms with Crippen LogP contribution in [0.3, 0.4) is 0 Å². The predicted octanol–water partition coefficient (Wildman–Crippen LogP) is 4.11. The molecule has 6 heteroatoms. The third-order valence-corrected chi connectivity index (χ3v) is 9.10. The molecule has 0 bridgehead atoms. The first-order valence-electron chi connectivity index (χ1n) is 12.7. The van der Waals surface area contributed by atoms with Crippen molar-refractivity contribution in [2.75, 3.05) is 0 Å². The van der Waals surface area contributed by atoms with E-state index in [4.69, 9.17) is 4.18 Å². The van der Waals surface area contributed by atoms with Crippen LogP contribution in [0.2, 0.25) is 0 Å². The molecule has 3 aliphatic carbocycles. The van der Waals surface area contributed by atoms with E-state index in [0.717, 1.165) is 35.3 Å². The van der Waals surface area contributed by atoms with Crippen LogP contribution in [0.15, 0.2) is 35.5 Å². The van der Waals surface area contributed by atoms with E-state index in [2.05, 4.69) is 46.4 Å². The molecule has 0 aliphatic heterocycles. The molecule has 0 N–H and O–H groups in total. The summed E-state index contributed by atoms with van der Waals surface area (Å²) in [5.41, 5.74) is 4.01. The van der Waals surface area contributed by atoms with Gasteiger partial charge in [0.2, 0.25) is 10.4 Å². The Bertz CT molecular complexity index is 844. The Morgan fingerprint density at radius 2 is 1.88 bits per heavy atom. The maximum atomic E-state index is 11.0. The Morgan fingerprint density at radius 1 is 1.15 bits per heavy atom. The monoisotopic (exact) mass is 486 g/mol. The van der Waals surface area contributed by atoms with Crippen molar-refractivity contribution < 1.29 is 46.7 Å². The van der Waals surface area contributed by atoms with Crippen molar-refractivity contribution in [3.63, 3.8) is 0 Å². The van der Waals surface area contributed by atoms with Crippen LogP contribution < -0.4 is 29.6 Å². The van der Waals surface area contributed by atoms with Gasteiger partial charge in [0.05, 0.1) is 6.10 Å². The normalized spacial score (nSPS) is 33.9. The zero-order chi connectivity index (χ0) is 23.5. The first-order valence-corrected chi connectivity index (χ1v) is 14.0. The predicted molar refractivity (Wildman–Crippen MR) is 130 cm³/mol. The SMILES string of the molecule is C=C1CC[C@H](OS(=O)(=O)[O-])C/C1=C/C=C1\CCC[C@@]2(C)C1CC[C@@H]2[C@H](C)CCCC(C)C.[Na+]. The second-order valence-corrected chi connectivity index (χ2v) is 12.3. The average Bonchev–Trinajstić information content (AvgIpc) is 3.04. The molecule has 33 heavy (non-hydrogen) atoms. The Balaban J connectivity index is 0.00000385. The molecule has 5 atom stereocenters. The molecule has 1 unspecified atom stereocenters. The zero-order valence-corrected chi connectivity index (χ0v) is 24.4. The fraction of sp³-hybridized carbons (Fsp3) is 0.778. The molecular formula is C27H43NaO4S. The van der Waals surface area contributed by atoms with Crippen molar-refractivity contribution in [1.29, 1.82) is 0 Å². The van der Waals surface area contributed by atoms with Crippen LogP contribution >= 0.6 is 0 Å². The Morgan fingerprint density at radius 3 is 2.55 bits per heavy atom. The van der Waals surface area contributed by atoms with Crippen LogP contribution in [0.5, 0.6) is 0 Å². The van der Waals surface area contributed by atoms with Gasteiger partial charge in [0.25, 0.3) is 0 Å². The van der Waals surface area contributed by atoms with Crippen molar-refractivity contribution in [1.82, 2.24) is 0 Å². The summed E-state index contributed by atoms with van der Waals surface area (Å²) < 4.78 is 37.8. The Kier molecular flexibility index (Phi) is 11.0. The van der Waals surface area contributed by atoms with E-state index in [0.29, 0.717) is 30.6 Å². The molecule has 0 aromatic carbocycles. The van der Waals surface area contributed by atoms with E-state index in [1.807, 2.05) is 0 Å². The van der Waals surface area contributed by atoms with Gasteiger partial charge in [0.15, 0.2) is 0 Å². The van der Waals surface area contributed by atoms with Gasteiger partial charge in [-0.2, -0.15) is 0 Å². The Labute approximate surface area is 225 Å². The van der Waals surface area contributed by atoms with E-state index >= 15 is 0 Å². The van der Waals surface area contributed by atoms with E-state index in [-0.39, 0.29) is 29.6 Å². The van der Waals surface area contributed by atoms with E-state index in [9.17, 15) is 13.0 Å². The van der Waals surface area contributed by atoms with Gasteiger partial charge in [0, 0.05) is 6.42 Å². The van der Waals surface area contributed by atoms with Crippen LogP contribution in [-0.2, 0) is 14.6 Å². The second kappa shape index (κ2) is 12.4. The number of rotatable bonds is 8. The smallest absolute Gasteiger partial charge is 0.726 e. The Hall–Kier alpha value is 0.0900. The van der Waals surface area contributed by atoms with Crippen molar-refractivity contribution >= 4 is 10.4 Å². The molecule has 0 aromatic rings. The van der Waals surface area contributed by atoms with Crippen LogP contribution in [-0.4, -0.2) is 19.1 Å². The molecule has 3 aliphatic rings. The molecule has 0 radical (unpaired) electrons. The van der Waals surface area contributed by atoms with Crippen molar-refractivity contribution in [3.05, 3.63) is 35.5 Å². The summed E-state index contributed by atoms with van der Waals surface area (Å²) in [4.78, 5) is 0. The van der Waals surface area contributed by atoms with Gasteiger partial charge in [-0.1, -0.05) is 76.8 Å². The van der Waals surface area contributed by atoms with Gasteiger partial charge in [-0.25, -0.2) is 8.42 Å². The van der Waals surface area contributed by atoms with Gasteiger partial charge in [-0.15, -0.1) is 0 Å². The third-order valence-electron chi connectivity index (χ3n) is 8.59. The van der Waals surface area contributed by atoms with E-state index in [1.165, 1.54) is 44.9 Å². The van der Waals surface area contributed by atoms with Crippen molar-refractivity contribution in [2.24, 2.45) is 29.1 Å². The standard InChI is InChI=1S/C27H44O4S.Na/c1-19(2)8-6-9-21(4)25-15-16-26-22(10-7-17-27(25,26)5)12-13-23-18-24(14-11-20(23)3)31-32(28,29)30;/h12-13,19,21,24-26H,3,6-11,14-18H2,1-2,4-5H3,(H,28,29,30);/q;+1/p-1/b22-12+,23-13-;/t21-,24+,25-,26?,27-;/m1./s1. The molecular weight excluding hydrogens is 443 g/mol. The molecule has 0 aromatic heterocycles. The molecule has 0 saturated heterocycles. The number of fused-ring (bicyclic) bond motifs is 1.